The Morgan fingerprint density at radius 1 is 1.52 bits per heavy atom. The highest BCUT2D eigenvalue weighted by molar-refractivity contribution is 6.32. The molecule has 0 unspecified atom stereocenters. The second kappa shape index (κ2) is 5.90. The van der Waals surface area contributed by atoms with Gasteiger partial charge in [0.05, 0.1) is 11.3 Å². The monoisotopic (exact) mass is 303 g/mol. The fourth-order valence-electron chi connectivity index (χ4n) is 1.54. The average Bonchev–Trinajstić information content (AvgIpc) is 3.03. The van der Waals surface area contributed by atoms with Crippen LogP contribution in [0.25, 0.3) is 6.08 Å². The predicted molar refractivity (Wildman–Crippen MR) is 70.9 cm³/mol. The van der Waals surface area contributed by atoms with Gasteiger partial charge in [0.15, 0.2) is 5.02 Å². The van der Waals surface area contributed by atoms with Crippen molar-refractivity contribution in [3.8, 4) is 12.1 Å². The third-order valence-corrected chi connectivity index (χ3v) is 2.67. The second-order valence-corrected chi connectivity index (χ2v) is 4.25. The molecule has 0 bridgehead atoms. The van der Waals surface area contributed by atoms with Crippen molar-refractivity contribution in [1.82, 2.24) is 9.78 Å². The highest BCUT2D eigenvalue weighted by Gasteiger charge is 2.19. The highest BCUT2D eigenvalue weighted by Crippen LogP contribution is 2.22. The van der Waals surface area contributed by atoms with Crippen molar-refractivity contribution in [1.29, 1.82) is 10.5 Å². The third kappa shape index (κ3) is 3.26. The number of nitrogens with zero attached hydrogens (tertiary/aromatic N) is 5. The number of halogens is 1. The van der Waals surface area contributed by atoms with Gasteiger partial charge in [-0.3, -0.25) is 0 Å². The van der Waals surface area contributed by atoms with Gasteiger partial charge in [0.1, 0.15) is 35.8 Å². The van der Waals surface area contributed by atoms with E-state index in [1.54, 1.807) is 24.3 Å². The maximum atomic E-state index is 10.6. The molecule has 0 aliphatic carbocycles. The molecule has 8 nitrogen and oxygen atoms in total. The van der Waals surface area contributed by atoms with Crippen molar-refractivity contribution in [3.05, 3.63) is 50.6 Å². The Bertz CT molecular complexity index is 790. The Hall–Kier alpha value is -3.10. The summed E-state index contributed by atoms with van der Waals surface area (Å²) in [6.45, 7) is 0.135. The number of hydrogen-bond acceptors (Lipinski definition) is 6. The maximum Gasteiger partial charge on any atom is 0.408 e. The summed E-state index contributed by atoms with van der Waals surface area (Å²) in [5, 5.41) is 31.6. The zero-order chi connectivity index (χ0) is 15.4. The van der Waals surface area contributed by atoms with Crippen LogP contribution < -0.4 is 0 Å². The van der Waals surface area contributed by atoms with E-state index in [0.29, 0.717) is 11.5 Å². The molecule has 104 valence electrons. The molecule has 2 aromatic heterocycles. The van der Waals surface area contributed by atoms with Crippen LogP contribution in [0.1, 0.15) is 11.5 Å². The molecule has 0 aromatic carbocycles. The highest BCUT2D eigenvalue weighted by atomic mass is 35.5. The smallest absolute Gasteiger partial charge is 0.408 e. The second-order valence-electron chi connectivity index (χ2n) is 3.84. The van der Waals surface area contributed by atoms with Crippen LogP contribution in [-0.2, 0) is 6.54 Å². The van der Waals surface area contributed by atoms with Crippen molar-refractivity contribution in [2.24, 2.45) is 0 Å². The fourth-order valence-corrected chi connectivity index (χ4v) is 1.76. The Morgan fingerprint density at radius 2 is 2.24 bits per heavy atom. The molecule has 0 saturated carbocycles. The summed E-state index contributed by atoms with van der Waals surface area (Å²) in [6, 6.07) is 6.61. The van der Waals surface area contributed by atoms with Crippen LogP contribution in [0.2, 0.25) is 5.02 Å². The molecular weight excluding hydrogens is 298 g/mol. The lowest BCUT2D eigenvalue weighted by Gasteiger charge is -1.92. The number of furan rings is 1. The van der Waals surface area contributed by atoms with Crippen LogP contribution in [0.15, 0.2) is 28.3 Å². The Labute approximate surface area is 123 Å². The first-order valence-electron chi connectivity index (χ1n) is 5.51. The lowest BCUT2D eigenvalue weighted by atomic mass is 10.3. The van der Waals surface area contributed by atoms with Crippen molar-refractivity contribution in [2.75, 3.05) is 0 Å². The van der Waals surface area contributed by atoms with E-state index in [4.69, 9.17) is 26.5 Å². The first-order valence-corrected chi connectivity index (χ1v) is 5.89. The zero-order valence-corrected chi connectivity index (χ0v) is 11.1. The topological polar surface area (TPSA) is 122 Å². The van der Waals surface area contributed by atoms with Gasteiger partial charge in [-0.1, -0.05) is 11.6 Å². The molecular formula is C12H6ClN5O3. The molecule has 0 N–H and O–H groups in total. The zero-order valence-electron chi connectivity index (χ0n) is 10.4. The molecule has 0 amide bonds. The molecule has 0 fully saturated rings. The summed E-state index contributed by atoms with van der Waals surface area (Å²) in [5.41, 5.74) is -0.0892. The van der Waals surface area contributed by atoms with Gasteiger partial charge < -0.3 is 14.5 Å². The van der Waals surface area contributed by atoms with Crippen molar-refractivity contribution in [2.45, 2.75) is 6.54 Å². The number of allylic oxidation sites excluding steroid dienone is 1. The molecule has 0 spiro atoms. The van der Waals surface area contributed by atoms with Crippen LogP contribution in [0.5, 0.6) is 0 Å². The standard InChI is InChI=1S/C12H6ClN5O3/c13-11-7-17(16-12(11)18(19)20)6-10-2-1-9(21-10)3-8(4-14)5-15/h1-3,7H,6H2. The van der Waals surface area contributed by atoms with Gasteiger partial charge in [0.25, 0.3) is 0 Å². The summed E-state index contributed by atoms with van der Waals surface area (Å²) >= 11 is 5.68. The number of rotatable bonds is 4. The van der Waals surface area contributed by atoms with Crippen LogP contribution in [0, 0.1) is 32.8 Å². The van der Waals surface area contributed by atoms with Gasteiger partial charge in [0.2, 0.25) is 0 Å². The molecule has 0 radical (unpaired) electrons. The first kappa shape index (κ1) is 14.3. The third-order valence-electron chi connectivity index (χ3n) is 2.40. The van der Waals surface area contributed by atoms with E-state index in [2.05, 4.69) is 5.10 Å². The number of nitriles is 2. The molecule has 0 saturated heterocycles. The minimum Gasteiger partial charge on any atom is -0.460 e. The van der Waals surface area contributed by atoms with E-state index in [1.807, 2.05) is 0 Å². The summed E-state index contributed by atoms with van der Waals surface area (Å²) in [6.07, 6.45) is 2.61. The van der Waals surface area contributed by atoms with E-state index in [-0.39, 0.29) is 17.1 Å². The fraction of sp³-hybridized carbons (Fsp3) is 0.0833. The Balaban J connectivity index is 2.19. The molecule has 2 rings (SSSR count). The van der Waals surface area contributed by atoms with E-state index >= 15 is 0 Å². The summed E-state index contributed by atoms with van der Waals surface area (Å²) < 4.78 is 6.65. The maximum absolute atomic E-state index is 10.6. The van der Waals surface area contributed by atoms with E-state index in [1.165, 1.54) is 17.0 Å². The molecule has 2 aromatic rings. The van der Waals surface area contributed by atoms with Crippen LogP contribution in [0.3, 0.4) is 0 Å². The lowest BCUT2D eigenvalue weighted by molar-refractivity contribution is -0.389. The van der Waals surface area contributed by atoms with Gasteiger partial charge in [0, 0.05) is 6.08 Å². The van der Waals surface area contributed by atoms with Crippen molar-refractivity contribution in [3.63, 3.8) is 0 Å². The molecule has 0 aliphatic rings. The largest absolute Gasteiger partial charge is 0.460 e. The van der Waals surface area contributed by atoms with Gasteiger partial charge in [-0.05, 0) is 17.1 Å². The lowest BCUT2D eigenvalue weighted by Crippen LogP contribution is -2.00. The van der Waals surface area contributed by atoms with Crippen LogP contribution in [-0.4, -0.2) is 14.7 Å². The normalized spacial score (nSPS) is 9.67. The average molecular weight is 304 g/mol. The van der Waals surface area contributed by atoms with Crippen LogP contribution in [0.4, 0.5) is 5.82 Å². The molecule has 2 heterocycles. The molecule has 9 heteroatoms. The van der Waals surface area contributed by atoms with Gasteiger partial charge >= 0.3 is 5.82 Å². The van der Waals surface area contributed by atoms with E-state index in [9.17, 15) is 10.1 Å². The van der Waals surface area contributed by atoms with E-state index in [0.717, 1.165) is 0 Å². The Kier molecular flexibility index (Phi) is 4.02. The number of nitro groups is 1. The number of hydrogen-bond donors (Lipinski definition) is 0. The van der Waals surface area contributed by atoms with Crippen molar-refractivity contribution < 1.29 is 9.34 Å². The molecule has 0 atom stereocenters. The van der Waals surface area contributed by atoms with Crippen molar-refractivity contribution >= 4 is 23.5 Å². The van der Waals surface area contributed by atoms with Gasteiger partial charge in [-0.15, -0.1) is 0 Å². The SMILES string of the molecule is N#CC(C#N)=Cc1ccc(Cn2cc(Cl)c([N+](=O)[O-])n2)o1. The first-order chi connectivity index (χ1) is 10.0. The molecule has 21 heavy (non-hydrogen) atoms. The number of aromatic nitrogens is 2. The van der Waals surface area contributed by atoms with E-state index < -0.39 is 10.7 Å². The minimum absolute atomic E-state index is 0.0667. The summed E-state index contributed by atoms with van der Waals surface area (Å²) in [7, 11) is 0. The molecule has 0 aliphatic heterocycles. The predicted octanol–water partition coefficient (Wildman–Crippen LogP) is 2.52. The Morgan fingerprint density at radius 3 is 2.81 bits per heavy atom. The van der Waals surface area contributed by atoms with Gasteiger partial charge in [-0.2, -0.15) is 15.2 Å². The quantitative estimate of drug-likeness (QED) is 0.486. The van der Waals surface area contributed by atoms with Gasteiger partial charge in [-0.25, -0.2) is 0 Å². The summed E-state index contributed by atoms with van der Waals surface area (Å²) in [4.78, 5) is 9.95. The minimum atomic E-state index is -0.679. The summed E-state index contributed by atoms with van der Waals surface area (Å²) in [5.74, 6) is 0.348. The van der Waals surface area contributed by atoms with Crippen LogP contribution >= 0.6 is 11.6 Å².